The molecule has 3 N–H and O–H groups in total. The molecule has 0 saturated heterocycles. The van der Waals surface area contributed by atoms with Gasteiger partial charge in [0.25, 0.3) is 0 Å². The minimum Gasteiger partial charge on any atom is -0.490 e. The largest absolute Gasteiger partial charge is 0.490 e. The van der Waals surface area contributed by atoms with E-state index in [2.05, 4.69) is 34.6 Å². The van der Waals surface area contributed by atoms with Crippen molar-refractivity contribution < 1.29 is 9.47 Å². The molecule has 7 heteroatoms. The number of rotatable bonds is 8. The number of nitrogens with one attached hydrogen (secondary N) is 1. The lowest BCUT2D eigenvalue weighted by Gasteiger charge is -2.13. The van der Waals surface area contributed by atoms with Crippen molar-refractivity contribution in [3.05, 3.63) is 64.5 Å². The summed E-state index contributed by atoms with van der Waals surface area (Å²) in [6, 6.07) is 14.0. The van der Waals surface area contributed by atoms with Crippen LogP contribution in [0.25, 0.3) is 0 Å². The van der Waals surface area contributed by atoms with Crippen LogP contribution in [0.5, 0.6) is 11.5 Å². The molecule has 0 aliphatic heterocycles. The number of nitrogens with two attached hydrogens (primary N) is 1. The number of anilines is 2. The van der Waals surface area contributed by atoms with Gasteiger partial charge in [0.15, 0.2) is 11.5 Å². The average Bonchev–Trinajstić information content (AvgIpc) is 3.06. The van der Waals surface area contributed by atoms with Gasteiger partial charge < -0.3 is 15.2 Å². The summed E-state index contributed by atoms with van der Waals surface area (Å²) in [5.41, 5.74) is 11.7. The molecule has 1 heterocycles. The first-order valence-corrected chi connectivity index (χ1v) is 9.47. The second-order valence-corrected chi connectivity index (χ2v) is 6.72. The first kappa shape index (κ1) is 18.7. The summed E-state index contributed by atoms with van der Waals surface area (Å²) >= 11 is 1.40. The maximum absolute atomic E-state index is 5.95. The van der Waals surface area contributed by atoms with E-state index >= 15 is 0 Å². The maximum Gasteiger partial charge on any atom is 0.205 e. The van der Waals surface area contributed by atoms with E-state index < -0.39 is 0 Å². The van der Waals surface area contributed by atoms with Crippen LogP contribution in [0.15, 0.2) is 52.9 Å². The van der Waals surface area contributed by atoms with Crippen LogP contribution in [-0.4, -0.2) is 17.8 Å². The quantitative estimate of drug-likeness (QED) is 0.444. The highest BCUT2D eigenvalue weighted by Crippen LogP contribution is 2.29. The molecule has 2 aromatic carbocycles. The van der Waals surface area contributed by atoms with E-state index in [0.717, 1.165) is 11.1 Å². The Morgan fingerprint density at radius 3 is 2.81 bits per heavy atom. The molecule has 1 aromatic heterocycles. The molecule has 0 bridgehead atoms. The van der Waals surface area contributed by atoms with Gasteiger partial charge in [-0.1, -0.05) is 29.8 Å². The maximum atomic E-state index is 5.95. The average molecular weight is 382 g/mol. The van der Waals surface area contributed by atoms with Gasteiger partial charge in [-0.15, -0.1) is 11.3 Å². The van der Waals surface area contributed by atoms with Gasteiger partial charge in [0.2, 0.25) is 5.13 Å². The molecular formula is C20H22N4O2S. The van der Waals surface area contributed by atoms with E-state index in [1.165, 1.54) is 16.9 Å². The molecule has 0 aliphatic carbocycles. The number of benzene rings is 2. The monoisotopic (exact) mass is 382 g/mol. The lowest BCUT2D eigenvalue weighted by Crippen LogP contribution is -2.01. The second-order valence-electron chi connectivity index (χ2n) is 5.86. The number of nitrogen functional groups attached to an aromatic ring is 1. The SMILES string of the molecule is CCOc1cc(C=NNc2nc(N)cs2)ccc1OCc1cccc(C)c1. The Kier molecular flexibility index (Phi) is 6.27. The standard InChI is InChI=1S/C20H22N4O2S/c1-3-25-18-10-15(11-22-24-20-23-19(21)13-27-20)7-8-17(18)26-12-16-6-4-5-14(2)9-16/h4-11,13H,3,12,21H2,1-2H3,(H,23,24). The van der Waals surface area contributed by atoms with Crippen LogP contribution in [0.3, 0.4) is 0 Å². The number of hydrogen-bond donors (Lipinski definition) is 2. The highest BCUT2D eigenvalue weighted by molar-refractivity contribution is 7.14. The summed E-state index contributed by atoms with van der Waals surface area (Å²) < 4.78 is 11.7. The van der Waals surface area contributed by atoms with Gasteiger partial charge in [-0.3, -0.25) is 5.43 Å². The Morgan fingerprint density at radius 1 is 1.19 bits per heavy atom. The van der Waals surface area contributed by atoms with Crippen LogP contribution in [0.1, 0.15) is 23.6 Å². The minimum absolute atomic E-state index is 0.478. The Hall–Kier alpha value is -3.06. The molecular weight excluding hydrogens is 360 g/mol. The molecule has 0 spiro atoms. The molecule has 0 aliphatic rings. The lowest BCUT2D eigenvalue weighted by molar-refractivity contribution is 0.269. The summed E-state index contributed by atoms with van der Waals surface area (Å²) in [6.45, 7) is 5.05. The molecule has 3 aromatic rings. The van der Waals surface area contributed by atoms with Crippen molar-refractivity contribution in [2.75, 3.05) is 17.8 Å². The number of aromatic nitrogens is 1. The molecule has 6 nitrogen and oxygen atoms in total. The van der Waals surface area contributed by atoms with E-state index in [0.29, 0.717) is 35.7 Å². The molecule has 0 radical (unpaired) electrons. The third-order valence-electron chi connectivity index (χ3n) is 3.64. The Balaban J connectivity index is 1.68. The van der Waals surface area contributed by atoms with E-state index in [4.69, 9.17) is 15.2 Å². The van der Waals surface area contributed by atoms with Crippen LogP contribution in [-0.2, 0) is 6.61 Å². The number of aryl methyl sites for hydroxylation is 1. The predicted octanol–water partition coefficient (Wildman–Crippen LogP) is 4.46. The van der Waals surface area contributed by atoms with Gasteiger partial charge in [0.1, 0.15) is 12.4 Å². The van der Waals surface area contributed by atoms with Crippen molar-refractivity contribution in [2.24, 2.45) is 5.10 Å². The van der Waals surface area contributed by atoms with Crippen LogP contribution in [0.2, 0.25) is 0 Å². The summed E-state index contributed by atoms with van der Waals surface area (Å²) in [4.78, 5) is 4.09. The third kappa shape index (κ3) is 5.46. The summed E-state index contributed by atoms with van der Waals surface area (Å²) in [5, 5.41) is 6.58. The van der Waals surface area contributed by atoms with Crippen molar-refractivity contribution in [3.8, 4) is 11.5 Å². The Labute approximate surface area is 162 Å². The van der Waals surface area contributed by atoms with Gasteiger partial charge in [-0.25, -0.2) is 4.98 Å². The zero-order valence-electron chi connectivity index (χ0n) is 15.3. The molecule has 0 fully saturated rings. The highest BCUT2D eigenvalue weighted by Gasteiger charge is 2.07. The Morgan fingerprint density at radius 2 is 2.07 bits per heavy atom. The van der Waals surface area contributed by atoms with Gasteiger partial charge in [0.05, 0.1) is 12.8 Å². The molecule has 0 unspecified atom stereocenters. The zero-order chi connectivity index (χ0) is 19.1. The van der Waals surface area contributed by atoms with Crippen molar-refractivity contribution in [1.82, 2.24) is 4.98 Å². The first-order chi connectivity index (χ1) is 13.1. The summed E-state index contributed by atoms with van der Waals surface area (Å²) in [7, 11) is 0. The van der Waals surface area contributed by atoms with Gasteiger partial charge in [-0.2, -0.15) is 5.10 Å². The third-order valence-corrected chi connectivity index (χ3v) is 4.41. The summed E-state index contributed by atoms with van der Waals surface area (Å²) in [6.07, 6.45) is 1.70. The normalized spacial score (nSPS) is 10.9. The minimum atomic E-state index is 0.478. The topological polar surface area (TPSA) is 81.8 Å². The predicted molar refractivity (Wildman–Crippen MR) is 111 cm³/mol. The van der Waals surface area contributed by atoms with E-state index in [-0.39, 0.29) is 0 Å². The van der Waals surface area contributed by atoms with Gasteiger partial charge in [0, 0.05) is 5.38 Å². The lowest BCUT2D eigenvalue weighted by atomic mass is 10.1. The number of hydrazone groups is 1. The van der Waals surface area contributed by atoms with E-state index in [1.54, 1.807) is 11.6 Å². The Bertz CT molecular complexity index is 924. The van der Waals surface area contributed by atoms with Crippen LogP contribution in [0, 0.1) is 6.92 Å². The number of ether oxygens (including phenoxy) is 2. The van der Waals surface area contributed by atoms with Crippen molar-refractivity contribution in [1.29, 1.82) is 0 Å². The molecule has 3 rings (SSSR count). The van der Waals surface area contributed by atoms with Crippen molar-refractivity contribution in [2.45, 2.75) is 20.5 Å². The van der Waals surface area contributed by atoms with Gasteiger partial charge in [-0.05, 0) is 43.2 Å². The number of thiazole rings is 1. The van der Waals surface area contributed by atoms with Crippen molar-refractivity contribution in [3.63, 3.8) is 0 Å². The fourth-order valence-corrected chi connectivity index (χ4v) is 3.00. The van der Waals surface area contributed by atoms with E-state index in [1.807, 2.05) is 37.3 Å². The number of hydrogen-bond acceptors (Lipinski definition) is 7. The van der Waals surface area contributed by atoms with Crippen molar-refractivity contribution >= 4 is 28.5 Å². The van der Waals surface area contributed by atoms with Gasteiger partial charge >= 0.3 is 0 Å². The van der Waals surface area contributed by atoms with E-state index in [9.17, 15) is 0 Å². The van der Waals surface area contributed by atoms with Crippen LogP contribution >= 0.6 is 11.3 Å². The molecule has 140 valence electrons. The summed E-state index contributed by atoms with van der Waals surface area (Å²) in [5.74, 6) is 1.87. The first-order valence-electron chi connectivity index (χ1n) is 8.59. The smallest absolute Gasteiger partial charge is 0.205 e. The highest BCUT2D eigenvalue weighted by atomic mass is 32.1. The molecule has 27 heavy (non-hydrogen) atoms. The molecule has 0 saturated carbocycles. The second kappa shape index (κ2) is 9.05. The zero-order valence-corrected chi connectivity index (χ0v) is 16.1. The number of nitrogens with zero attached hydrogens (tertiary/aromatic N) is 2. The fourth-order valence-electron chi connectivity index (χ4n) is 2.46. The van der Waals surface area contributed by atoms with Crippen LogP contribution in [0.4, 0.5) is 10.9 Å². The molecule has 0 amide bonds. The molecule has 0 atom stereocenters. The van der Waals surface area contributed by atoms with Crippen LogP contribution < -0.4 is 20.6 Å². The fraction of sp³-hybridized carbons (Fsp3) is 0.200.